The lowest BCUT2D eigenvalue weighted by molar-refractivity contribution is -0.145. The number of rotatable bonds is 2. The Kier molecular flexibility index (Phi) is 4.88. The third-order valence-electron chi connectivity index (χ3n) is 5.71. The number of carbonyl (C=O) groups is 1. The summed E-state index contributed by atoms with van der Waals surface area (Å²) < 4.78 is 39.4. The molecule has 0 aliphatic carbocycles. The summed E-state index contributed by atoms with van der Waals surface area (Å²) in [6, 6.07) is 0. The molecule has 0 N–H and O–H groups in total. The molecule has 8 heteroatoms. The van der Waals surface area contributed by atoms with Crippen LogP contribution in [0.15, 0.2) is 0 Å². The molecule has 0 radical (unpaired) electrons. The largest absolute Gasteiger partial charge is 0.451 e. The van der Waals surface area contributed by atoms with Crippen molar-refractivity contribution in [2.24, 2.45) is 5.41 Å². The van der Waals surface area contributed by atoms with E-state index in [1.54, 1.807) is 13.8 Å². The summed E-state index contributed by atoms with van der Waals surface area (Å²) in [5.74, 6) is -0.531. The Labute approximate surface area is 151 Å². The fraction of sp³-hybridized carbons (Fsp3) is 0.722. The van der Waals surface area contributed by atoms with E-state index in [0.717, 1.165) is 19.3 Å². The van der Waals surface area contributed by atoms with Gasteiger partial charge in [-0.1, -0.05) is 0 Å². The van der Waals surface area contributed by atoms with Crippen LogP contribution >= 0.6 is 0 Å². The molecule has 0 saturated carbocycles. The van der Waals surface area contributed by atoms with Crippen LogP contribution in [0.2, 0.25) is 0 Å². The Morgan fingerprint density at radius 3 is 2.54 bits per heavy atom. The second-order valence-electron chi connectivity index (χ2n) is 7.51. The fourth-order valence-electron chi connectivity index (χ4n) is 4.16. The molecule has 2 saturated heterocycles. The van der Waals surface area contributed by atoms with Gasteiger partial charge in [-0.3, -0.25) is 4.79 Å². The molecule has 26 heavy (non-hydrogen) atoms. The zero-order chi connectivity index (χ0) is 19.1. The number of aryl methyl sites for hydroxylation is 1. The number of anilines is 1. The number of likely N-dealkylation sites (tertiary alicyclic amines) is 1. The van der Waals surface area contributed by atoms with Gasteiger partial charge in [-0.2, -0.15) is 13.2 Å². The number of halogens is 3. The van der Waals surface area contributed by atoms with Crippen molar-refractivity contribution in [2.75, 3.05) is 31.1 Å². The molecule has 1 unspecified atom stereocenters. The Bertz CT molecular complexity index is 706. The Balaban J connectivity index is 1.91. The number of hydrogen-bond donors (Lipinski definition) is 0. The predicted molar refractivity (Wildman–Crippen MR) is 91.9 cm³/mol. The van der Waals surface area contributed by atoms with E-state index in [1.165, 1.54) is 0 Å². The summed E-state index contributed by atoms with van der Waals surface area (Å²) >= 11 is 0. The first-order valence-electron chi connectivity index (χ1n) is 9.10. The maximum atomic E-state index is 13.1. The van der Waals surface area contributed by atoms with Crippen molar-refractivity contribution >= 4 is 11.7 Å². The van der Waals surface area contributed by atoms with Gasteiger partial charge in [0.25, 0.3) is 0 Å². The Hall–Kier alpha value is -1.86. The summed E-state index contributed by atoms with van der Waals surface area (Å²) in [4.78, 5) is 23.3. The van der Waals surface area contributed by atoms with Crippen LogP contribution in [0, 0.1) is 19.3 Å². The maximum Gasteiger partial charge on any atom is 0.451 e. The molecule has 1 amide bonds. The van der Waals surface area contributed by atoms with Crippen molar-refractivity contribution < 1.29 is 18.0 Å². The highest BCUT2D eigenvalue weighted by atomic mass is 19.4. The summed E-state index contributed by atoms with van der Waals surface area (Å²) in [5.41, 5.74) is 0.983. The van der Waals surface area contributed by atoms with Gasteiger partial charge in [-0.15, -0.1) is 0 Å². The monoisotopic (exact) mass is 370 g/mol. The third kappa shape index (κ3) is 3.50. The molecule has 1 aromatic rings. The summed E-state index contributed by atoms with van der Waals surface area (Å²) in [6.45, 7) is 7.98. The van der Waals surface area contributed by atoms with E-state index in [9.17, 15) is 18.0 Å². The molecule has 2 aliphatic heterocycles. The third-order valence-corrected chi connectivity index (χ3v) is 5.71. The van der Waals surface area contributed by atoms with Crippen LogP contribution in [0.5, 0.6) is 0 Å². The number of nitrogens with zero attached hydrogens (tertiary/aromatic N) is 4. The maximum absolute atomic E-state index is 13.1. The molecule has 1 atom stereocenters. The molecular formula is C18H25F3N4O. The van der Waals surface area contributed by atoms with E-state index in [2.05, 4.69) is 9.97 Å². The van der Waals surface area contributed by atoms with Crippen molar-refractivity contribution in [3.8, 4) is 0 Å². The van der Waals surface area contributed by atoms with E-state index in [1.807, 2.05) is 16.7 Å². The Morgan fingerprint density at radius 2 is 1.88 bits per heavy atom. The second-order valence-corrected chi connectivity index (χ2v) is 7.51. The van der Waals surface area contributed by atoms with Gasteiger partial charge >= 0.3 is 6.18 Å². The van der Waals surface area contributed by atoms with Crippen molar-refractivity contribution in [2.45, 2.75) is 52.6 Å². The van der Waals surface area contributed by atoms with Crippen molar-refractivity contribution in [3.63, 3.8) is 0 Å². The van der Waals surface area contributed by atoms with Crippen molar-refractivity contribution in [3.05, 3.63) is 17.1 Å². The SMILES string of the molecule is CCN1CC2(CCCN(c3nc(C(F)(F)F)nc(C)c3C)C2)CCC1=O. The van der Waals surface area contributed by atoms with Gasteiger partial charge < -0.3 is 9.80 Å². The molecule has 0 bridgehead atoms. The smallest absolute Gasteiger partial charge is 0.356 e. The van der Waals surface area contributed by atoms with Gasteiger partial charge in [0, 0.05) is 49.3 Å². The molecule has 5 nitrogen and oxygen atoms in total. The standard InChI is InChI=1S/C18H25F3N4O/c1-4-24-10-17(8-6-14(24)26)7-5-9-25(11-17)15-12(2)13(3)22-16(23-15)18(19,20)21/h4-11H2,1-3H3. The highest BCUT2D eigenvalue weighted by molar-refractivity contribution is 5.77. The molecule has 2 fully saturated rings. The molecule has 1 aromatic heterocycles. The van der Waals surface area contributed by atoms with Crippen LogP contribution in [0.25, 0.3) is 0 Å². The van der Waals surface area contributed by atoms with Gasteiger partial charge in [0.05, 0.1) is 0 Å². The van der Waals surface area contributed by atoms with E-state index >= 15 is 0 Å². The minimum atomic E-state index is -4.56. The summed E-state index contributed by atoms with van der Waals surface area (Å²) in [7, 11) is 0. The van der Waals surface area contributed by atoms with Crippen molar-refractivity contribution in [1.29, 1.82) is 0 Å². The molecule has 0 aromatic carbocycles. The summed E-state index contributed by atoms with van der Waals surface area (Å²) in [5, 5.41) is 0. The van der Waals surface area contributed by atoms with Gasteiger partial charge in [-0.25, -0.2) is 9.97 Å². The van der Waals surface area contributed by atoms with E-state index in [4.69, 9.17) is 0 Å². The first-order chi connectivity index (χ1) is 12.1. The van der Waals surface area contributed by atoms with E-state index < -0.39 is 12.0 Å². The highest BCUT2D eigenvalue weighted by Crippen LogP contribution is 2.41. The van der Waals surface area contributed by atoms with Crippen LogP contribution in [0.1, 0.15) is 49.7 Å². The van der Waals surface area contributed by atoms with Crippen LogP contribution < -0.4 is 4.90 Å². The van der Waals surface area contributed by atoms with Gasteiger partial charge in [0.1, 0.15) is 5.82 Å². The minimum Gasteiger partial charge on any atom is -0.356 e. The lowest BCUT2D eigenvalue weighted by Crippen LogP contribution is -2.54. The lowest BCUT2D eigenvalue weighted by atomic mass is 9.73. The van der Waals surface area contributed by atoms with Gasteiger partial charge in [-0.05, 0) is 40.0 Å². The quantitative estimate of drug-likeness (QED) is 0.801. The minimum absolute atomic E-state index is 0.0636. The number of piperidine rings is 2. The summed E-state index contributed by atoms with van der Waals surface area (Å²) in [6.07, 6.45) is -1.39. The van der Waals surface area contributed by atoms with E-state index in [-0.39, 0.29) is 11.3 Å². The van der Waals surface area contributed by atoms with Crippen LogP contribution in [-0.4, -0.2) is 47.0 Å². The van der Waals surface area contributed by atoms with Crippen LogP contribution in [-0.2, 0) is 11.0 Å². The zero-order valence-corrected chi connectivity index (χ0v) is 15.5. The van der Waals surface area contributed by atoms with Gasteiger partial charge in [0.15, 0.2) is 0 Å². The Morgan fingerprint density at radius 1 is 1.15 bits per heavy atom. The topological polar surface area (TPSA) is 49.3 Å². The number of amides is 1. The zero-order valence-electron chi connectivity index (χ0n) is 15.5. The predicted octanol–water partition coefficient (Wildman–Crippen LogP) is 3.34. The van der Waals surface area contributed by atoms with Crippen LogP contribution in [0.3, 0.4) is 0 Å². The number of carbonyl (C=O) groups excluding carboxylic acids is 1. The van der Waals surface area contributed by atoms with E-state index in [0.29, 0.717) is 49.7 Å². The first kappa shape index (κ1) is 18.9. The molecular weight excluding hydrogens is 345 g/mol. The normalized spacial score (nSPS) is 24.5. The average molecular weight is 370 g/mol. The van der Waals surface area contributed by atoms with Gasteiger partial charge in [0.2, 0.25) is 11.7 Å². The fourth-order valence-corrected chi connectivity index (χ4v) is 4.16. The molecule has 144 valence electrons. The second kappa shape index (κ2) is 6.70. The highest BCUT2D eigenvalue weighted by Gasteiger charge is 2.42. The number of aromatic nitrogens is 2. The number of alkyl halides is 3. The van der Waals surface area contributed by atoms with Crippen molar-refractivity contribution in [1.82, 2.24) is 14.9 Å². The van der Waals surface area contributed by atoms with Crippen LogP contribution in [0.4, 0.5) is 19.0 Å². The molecule has 1 spiro atoms. The molecule has 3 rings (SSSR count). The average Bonchev–Trinajstić information content (AvgIpc) is 2.59. The number of hydrogen-bond acceptors (Lipinski definition) is 4. The molecule has 2 aliphatic rings. The molecule has 3 heterocycles. The lowest BCUT2D eigenvalue weighted by Gasteiger charge is -2.48. The first-order valence-corrected chi connectivity index (χ1v) is 9.10.